The van der Waals surface area contributed by atoms with E-state index in [2.05, 4.69) is 54.2 Å². The summed E-state index contributed by atoms with van der Waals surface area (Å²) in [7, 11) is 1.87. The second-order valence-electron chi connectivity index (χ2n) is 9.10. The van der Waals surface area contributed by atoms with Gasteiger partial charge in [-0.2, -0.15) is 5.10 Å². The summed E-state index contributed by atoms with van der Waals surface area (Å²) in [6.45, 7) is 4.89. The van der Waals surface area contributed by atoms with E-state index < -0.39 is 0 Å². The lowest BCUT2D eigenvalue weighted by Gasteiger charge is -2.28. The molecule has 0 bridgehead atoms. The average Bonchev–Trinajstić information content (AvgIpc) is 3.24. The van der Waals surface area contributed by atoms with Crippen LogP contribution in [-0.2, 0) is 7.05 Å². The minimum Gasteiger partial charge on any atom is -0.507 e. The van der Waals surface area contributed by atoms with Crippen molar-refractivity contribution < 1.29 is 5.11 Å². The molecule has 11 heteroatoms. The van der Waals surface area contributed by atoms with Gasteiger partial charge in [-0.05, 0) is 43.5 Å². The topological polar surface area (TPSA) is 134 Å². The van der Waals surface area contributed by atoms with E-state index >= 15 is 0 Å². The molecule has 1 fully saturated rings. The maximum Gasteiger partial charge on any atom is 0.206 e. The molecular formula is C27H30N10O. The third kappa shape index (κ3) is 5.59. The summed E-state index contributed by atoms with van der Waals surface area (Å²) in [5.41, 5.74) is 8.26. The van der Waals surface area contributed by atoms with Gasteiger partial charge in [0.15, 0.2) is 5.82 Å². The van der Waals surface area contributed by atoms with Crippen LogP contribution in [0.3, 0.4) is 0 Å². The van der Waals surface area contributed by atoms with Gasteiger partial charge < -0.3 is 26.0 Å². The third-order valence-electron chi connectivity index (χ3n) is 6.49. The Kier molecular flexibility index (Phi) is 7.21. The Labute approximate surface area is 221 Å². The molecule has 1 atom stereocenters. The largest absolute Gasteiger partial charge is 0.507 e. The molecule has 5 rings (SSSR count). The molecule has 0 spiro atoms. The number of nitrogens with zero attached hydrogens (tertiary/aromatic N) is 8. The number of nitrogens with two attached hydrogens (primary N) is 1. The van der Waals surface area contributed by atoms with Crippen molar-refractivity contribution >= 4 is 23.1 Å². The predicted molar refractivity (Wildman–Crippen MR) is 148 cm³/mol. The number of nitrogens with one attached hydrogen (secondary N) is 1. The fourth-order valence-corrected chi connectivity index (χ4v) is 4.44. The van der Waals surface area contributed by atoms with Crippen LogP contribution in [0.15, 0.2) is 54.9 Å². The van der Waals surface area contributed by atoms with Gasteiger partial charge in [0.05, 0.1) is 17.9 Å². The first-order valence-corrected chi connectivity index (χ1v) is 12.5. The molecular weight excluding hydrogens is 480 g/mol. The highest BCUT2D eigenvalue weighted by Crippen LogP contribution is 2.32. The smallest absolute Gasteiger partial charge is 0.206 e. The number of aromatic hydroxyl groups is 1. The van der Waals surface area contributed by atoms with Crippen molar-refractivity contribution in [2.24, 2.45) is 7.05 Å². The zero-order valence-electron chi connectivity index (χ0n) is 21.4. The Bertz CT molecular complexity index is 1470. The number of nitrogen functional groups attached to an aromatic ring is 1. The minimum absolute atomic E-state index is 0.156. The lowest BCUT2D eigenvalue weighted by atomic mass is 10.1. The Morgan fingerprint density at radius 1 is 1.13 bits per heavy atom. The van der Waals surface area contributed by atoms with Crippen molar-refractivity contribution in [2.45, 2.75) is 19.4 Å². The van der Waals surface area contributed by atoms with Crippen molar-refractivity contribution in [3.05, 3.63) is 60.7 Å². The molecule has 1 aromatic carbocycles. The summed E-state index contributed by atoms with van der Waals surface area (Å²) < 4.78 is 1.73. The lowest BCUT2D eigenvalue weighted by molar-refractivity contribution is 0.477. The van der Waals surface area contributed by atoms with Gasteiger partial charge >= 0.3 is 0 Å². The van der Waals surface area contributed by atoms with Crippen LogP contribution in [0.2, 0.25) is 0 Å². The van der Waals surface area contributed by atoms with E-state index in [1.807, 2.05) is 43.6 Å². The summed E-state index contributed by atoms with van der Waals surface area (Å²) in [4.78, 5) is 13.5. The predicted octanol–water partition coefficient (Wildman–Crippen LogP) is 2.52. The number of aromatic nitrogens is 6. The summed E-state index contributed by atoms with van der Waals surface area (Å²) in [5, 5.41) is 26.1. The van der Waals surface area contributed by atoms with Crippen molar-refractivity contribution in [2.75, 3.05) is 47.0 Å². The number of phenolic OH excluding ortho intramolecular Hbond substituents is 1. The molecule has 1 saturated heterocycles. The fourth-order valence-electron chi connectivity index (χ4n) is 4.44. The molecule has 38 heavy (non-hydrogen) atoms. The molecule has 11 nitrogen and oxygen atoms in total. The Hall–Kier alpha value is -4.85. The van der Waals surface area contributed by atoms with Crippen LogP contribution < -0.4 is 20.9 Å². The molecule has 1 unspecified atom stereocenters. The second-order valence-corrected chi connectivity index (χ2v) is 9.10. The first kappa shape index (κ1) is 24.8. The van der Waals surface area contributed by atoms with E-state index in [1.165, 1.54) is 0 Å². The SMILES string of the molecule is CC1CCN(c2cc(-c3ccccc3O)nnc2N)CCN1c1ccnc(C#CCNc2ccn(C)n2)n1. The van der Waals surface area contributed by atoms with Crippen LogP contribution in [0, 0.1) is 11.8 Å². The Balaban J connectivity index is 1.29. The number of hydrogen-bond acceptors (Lipinski definition) is 10. The Morgan fingerprint density at radius 2 is 2.00 bits per heavy atom. The number of phenols is 1. The minimum atomic E-state index is 0.156. The van der Waals surface area contributed by atoms with Gasteiger partial charge in [-0.3, -0.25) is 4.68 Å². The van der Waals surface area contributed by atoms with Crippen LogP contribution in [0.1, 0.15) is 19.2 Å². The van der Waals surface area contributed by atoms with Crippen LogP contribution in [0.25, 0.3) is 11.3 Å². The van der Waals surface area contributed by atoms with E-state index in [0.29, 0.717) is 29.4 Å². The second kappa shape index (κ2) is 11.0. The number of hydrogen-bond donors (Lipinski definition) is 3. The maximum absolute atomic E-state index is 10.3. The monoisotopic (exact) mass is 510 g/mol. The molecule has 4 heterocycles. The van der Waals surface area contributed by atoms with Crippen molar-refractivity contribution in [3.63, 3.8) is 0 Å². The number of anilines is 4. The number of aryl methyl sites for hydroxylation is 1. The molecule has 3 aromatic heterocycles. The number of rotatable bonds is 5. The molecule has 0 radical (unpaired) electrons. The lowest BCUT2D eigenvalue weighted by Crippen LogP contribution is -2.35. The molecule has 0 saturated carbocycles. The first-order chi connectivity index (χ1) is 18.5. The highest BCUT2D eigenvalue weighted by atomic mass is 16.3. The Morgan fingerprint density at radius 3 is 2.82 bits per heavy atom. The van der Waals surface area contributed by atoms with E-state index in [4.69, 9.17) is 10.7 Å². The van der Waals surface area contributed by atoms with Crippen LogP contribution >= 0.6 is 0 Å². The van der Waals surface area contributed by atoms with Gasteiger partial charge in [-0.1, -0.05) is 18.1 Å². The van der Waals surface area contributed by atoms with Gasteiger partial charge in [0.2, 0.25) is 5.82 Å². The van der Waals surface area contributed by atoms with Gasteiger partial charge in [-0.15, -0.1) is 10.2 Å². The van der Waals surface area contributed by atoms with E-state index in [0.717, 1.165) is 43.4 Å². The van der Waals surface area contributed by atoms with E-state index in [9.17, 15) is 5.11 Å². The molecule has 4 aromatic rings. The molecule has 4 N–H and O–H groups in total. The molecule has 194 valence electrons. The van der Waals surface area contributed by atoms with Gasteiger partial charge in [0.25, 0.3) is 0 Å². The highest BCUT2D eigenvalue weighted by Gasteiger charge is 2.24. The van der Waals surface area contributed by atoms with Crippen LogP contribution in [0.5, 0.6) is 5.75 Å². The van der Waals surface area contributed by atoms with Crippen LogP contribution in [0.4, 0.5) is 23.1 Å². The summed E-state index contributed by atoms with van der Waals surface area (Å²) in [6.07, 6.45) is 4.52. The molecule has 1 aliphatic heterocycles. The summed E-state index contributed by atoms with van der Waals surface area (Å²) in [5.74, 6) is 8.72. The summed E-state index contributed by atoms with van der Waals surface area (Å²) >= 11 is 0. The van der Waals surface area contributed by atoms with Crippen molar-refractivity contribution in [3.8, 4) is 28.8 Å². The quantitative estimate of drug-likeness (QED) is 0.344. The molecule has 1 aliphatic rings. The zero-order valence-corrected chi connectivity index (χ0v) is 21.4. The number of benzene rings is 1. The standard InChI is InChI=1S/C27H30N10O/c1-19-10-15-36(22-18-21(32-33-27(22)28)20-6-3-4-7-23(20)38)16-17-37(19)26-9-13-30-24(31-26)8-5-12-29-25-11-14-35(2)34-25/h3-4,6-7,9,11,13-14,18-19,38H,10,12,15-17H2,1-2H3,(H2,28,33)(H,29,34). The van der Waals surface area contributed by atoms with Gasteiger partial charge in [-0.25, -0.2) is 9.97 Å². The van der Waals surface area contributed by atoms with Gasteiger partial charge in [0, 0.05) is 56.7 Å². The fraction of sp³-hybridized carbons (Fsp3) is 0.296. The zero-order chi connectivity index (χ0) is 26.5. The first-order valence-electron chi connectivity index (χ1n) is 12.5. The normalized spacial score (nSPS) is 15.5. The molecule has 0 amide bonds. The highest BCUT2D eigenvalue weighted by molar-refractivity contribution is 5.74. The average molecular weight is 511 g/mol. The third-order valence-corrected chi connectivity index (χ3v) is 6.49. The summed E-state index contributed by atoms with van der Waals surface area (Å²) in [6, 6.07) is 13.0. The van der Waals surface area contributed by atoms with E-state index in [-0.39, 0.29) is 11.8 Å². The van der Waals surface area contributed by atoms with Crippen LogP contribution in [-0.4, -0.2) is 67.3 Å². The molecule has 0 aliphatic carbocycles. The van der Waals surface area contributed by atoms with Crippen molar-refractivity contribution in [1.29, 1.82) is 0 Å². The number of para-hydroxylation sites is 1. The van der Waals surface area contributed by atoms with Gasteiger partial charge in [0.1, 0.15) is 17.4 Å². The maximum atomic E-state index is 10.3. The van der Waals surface area contributed by atoms with E-state index in [1.54, 1.807) is 23.0 Å². The van der Waals surface area contributed by atoms with Crippen molar-refractivity contribution in [1.82, 2.24) is 29.9 Å².